The van der Waals surface area contributed by atoms with Crippen molar-refractivity contribution in [2.45, 2.75) is 65.6 Å². The molecule has 3 unspecified atom stereocenters. The molecule has 1 radical (unpaired) electrons. The van der Waals surface area contributed by atoms with Gasteiger partial charge in [-0.05, 0) is 42.7 Å². The van der Waals surface area contributed by atoms with E-state index in [1.54, 1.807) is 0 Å². The number of benzene rings is 1. The van der Waals surface area contributed by atoms with Crippen molar-refractivity contribution in [2.24, 2.45) is 5.92 Å². The maximum Gasteiger partial charge on any atom is 0.0678 e. The molecule has 1 saturated heterocycles. The maximum atomic E-state index is 5.82. The van der Waals surface area contributed by atoms with Crippen molar-refractivity contribution >= 4 is 29.6 Å². The minimum Gasteiger partial charge on any atom is -0.373 e. The van der Waals surface area contributed by atoms with Gasteiger partial charge in [-0.1, -0.05) is 52.0 Å². The van der Waals surface area contributed by atoms with Crippen LogP contribution in [0, 0.1) is 5.92 Å². The fraction of sp³-hybridized carbons (Fsp3) is 0.700. The van der Waals surface area contributed by atoms with Crippen LogP contribution in [0.1, 0.15) is 52.7 Å². The molecule has 0 N–H and O–H groups in total. The van der Waals surface area contributed by atoms with Crippen LogP contribution in [0.3, 0.4) is 0 Å². The van der Waals surface area contributed by atoms with Gasteiger partial charge in [-0.25, -0.2) is 0 Å². The molecule has 2 rings (SSSR count). The summed E-state index contributed by atoms with van der Waals surface area (Å²) in [5.41, 5.74) is 3.11. The third-order valence-electron chi connectivity index (χ3n) is 4.47. The van der Waals surface area contributed by atoms with Crippen LogP contribution in [0.4, 0.5) is 0 Å². The van der Waals surface area contributed by atoms with Gasteiger partial charge in [-0.3, -0.25) is 4.90 Å². The molecule has 0 spiro atoms. The molecule has 0 amide bonds. The van der Waals surface area contributed by atoms with Crippen LogP contribution in [0.15, 0.2) is 24.3 Å². The number of morpholine rings is 1. The van der Waals surface area contributed by atoms with Crippen LogP contribution in [-0.2, 0) is 16.6 Å². The largest absolute Gasteiger partial charge is 0.373 e. The molecule has 0 aromatic heterocycles. The topological polar surface area (TPSA) is 12.5 Å². The molecule has 125 valence electrons. The summed E-state index contributed by atoms with van der Waals surface area (Å²) in [6, 6.07) is 9.20. The van der Waals surface area contributed by atoms with E-state index < -0.39 is 0 Å². The molecule has 23 heavy (non-hydrogen) atoms. The van der Waals surface area contributed by atoms with E-state index in [0.717, 1.165) is 19.5 Å². The third-order valence-corrected chi connectivity index (χ3v) is 4.47. The van der Waals surface area contributed by atoms with Gasteiger partial charge in [0.15, 0.2) is 0 Å². The summed E-state index contributed by atoms with van der Waals surface area (Å²) in [6.45, 7) is 16.8. The first-order valence-corrected chi connectivity index (χ1v) is 8.71. The van der Waals surface area contributed by atoms with Crippen LogP contribution in [0.25, 0.3) is 0 Å². The number of nitrogens with zero attached hydrogens (tertiary/aromatic N) is 1. The molecule has 0 aliphatic carbocycles. The zero-order chi connectivity index (χ0) is 16.3. The van der Waals surface area contributed by atoms with Crippen molar-refractivity contribution in [1.29, 1.82) is 0 Å². The minimum absolute atomic E-state index is 0. The molecule has 1 aliphatic rings. The molecule has 1 aliphatic heterocycles. The van der Waals surface area contributed by atoms with E-state index >= 15 is 0 Å². The predicted octanol–water partition coefficient (Wildman–Crippen LogP) is 3.89. The van der Waals surface area contributed by atoms with Crippen molar-refractivity contribution in [2.75, 3.05) is 19.6 Å². The van der Waals surface area contributed by atoms with Gasteiger partial charge >= 0.3 is 0 Å². The molecule has 1 fully saturated rings. The van der Waals surface area contributed by atoms with E-state index in [1.165, 1.54) is 17.7 Å². The van der Waals surface area contributed by atoms with E-state index in [2.05, 4.69) is 70.7 Å². The third kappa shape index (κ3) is 6.88. The van der Waals surface area contributed by atoms with Crippen molar-refractivity contribution < 1.29 is 4.74 Å². The molecule has 1 heterocycles. The predicted molar refractivity (Wildman–Crippen MR) is 100 cm³/mol. The fourth-order valence-corrected chi connectivity index (χ4v) is 3.48. The van der Waals surface area contributed by atoms with Gasteiger partial charge in [-0.2, -0.15) is 0 Å². The molecule has 0 saturated carbocycles. The first-order valence-electron chi connectivity index (χ1n) is 8.71. The van der Waals surface area contributed by atoms with Gasteiger partial charge in [0, 0.05) is 49.2 Å². The Labute approximate surface area is 165 Å². The van der Waals surface area contributed by atoms with Crippen molar-refractivity contribution in [3.8, 4) is 0 Å². The standard InChI is InChI=1S/C20H33NO.Na/c1-15(12-21-13-16(2)22-17(3)14-21)11-18-7-9-19(10-8-18)20(4,5)6;/h7-10,15-17H,11-14H2,1-6H3;. The summed E-state index contributed by atoms with van der Waals surface area (Å²) in [4.78, 5) is 2.56. The van der Waals surface area contributed by atoms with Crippen LogP contribution < -0.4 is 0 Å². The van der Waals surface area contributed by atoms with Gasteiger partial charge in [0.2, 0.25) is 0 Å². The Morgan fingerprint density at radius 2 is 1.61 bits per heavy atom. The van der Waals surface area contributed by atoms with E-state index in [-0.39, 0.29) is 35.0 Å². The van der Waals surface area contributed by atoms with Gasteiger partial charge in [0.05, 0.1) is 12.2 Å². The zero-order valence-corrected chi connectivity index (χ0v) is 18.2. The van der Waals surface area contributed by atoms with Crippen molar-refractivity contribution in [3.63, 3.8) is 0 Å². The van der Waals surface area contributed by atoms with Gasteiger partial charge in [-0.15, -0.1) is 0 Å². The van der Waals surface area contributed by atoms with E-state index in [9.17, 15) is 0 Å². The van der Waals surface area contributed by atoms with Crippen LogP contribution >= 0.6 is 0 Å². The second-order valence-electron chi connectivity index (χ2n) is 8.23. The van der Waals surface area contributed by atoms with Crippen molar-refractivity contribution in [1.82, 2.24) is 4.90 Å². The summed E-state index contributed by atoms with van der Waals surface area (Å²) in [5, 5.41) is 0. The number of rotatable bonds is 4. The smallest absolute Gasteiger partial charge is 0.0678 e. The van der Waals surface area contributed by atoms with Crippen LogP contribution in [-0.4, -0.2) is 66.3 Å². The Bertz CT molecular complexity index is 456. The summed E-state index contributed by atoms with van der Waals surface area (Å²) >= 11 is 0. The quantitative estimate of drug-likeness (QED) is 0.778. The molecule has 0 bridgehead atoms. The minimum atomic E-state index is 0. The average Bonchev–Trinajstić information content (AvgIpc) is 2.36. The maximum absolute atomic E-state index is 5.82. The first-order chi connectivity index (χ1) is 10.2. The Morgan fingerprint density at radius 1 is 1.09 bits per heavy atom. The second-order valence-corrected chi connectivity index (χ2v) is 8.23. The van der Waals surface area contributed by atoms with E-state index in [0.29, 0.717) is 18.1 Å². The van der Waals surface area contributed by atoms with Gasteiger partial charge in [0.25, 0.3) is 0 Å². The Balaban J connectivity index is 0.00000264. The Morgan fingerprint density at radius 3 is 2.09 bits per heavy atom. The summed E-state index contributed by atoms with van der Waals surface area (Å²) in [7, 11) is 0. The van der Waals surface area contributed by atoms with Crippen LogP contribution in [0.2, 0.25) is 0 Å². The average molecular weight is 326 g/mol. The summed E-state index contributed by atoms with van der Waals surface area (Å²) in [5.74, 6) is 0.679. The molecule has 3 heteroatoms. The molecule has 1 aromatic rings. The normalized spacial score (nSPS) is 24.1. The van der Waals surface area contributed by atoms with Gasteiger partial charge in [0.1, 0.15) is 0 Å². The SMILES string of the molecule is CC(Cc1ccc(C(C)(C)C)cc1)CN1CC(C)OC(C)C1.[Na]. The molecule has 2 nitrogen and oxygen atoms in total. The molecular weight excluding hydrogens is 293 g/mol. The van der Waals surface area contributed by atoms with E-state index in [4.69, 9.17) is 4.74 Å². The summed E-state index contributed by atoms with van der Waals surface area (Å²) in [6.07, 6.45) is 1.88. The first kappa shape index (κ1) is 21.2. The number of hydrogen-bond acceptors (Lipinski definition) is 2. The Hall–Kier alpha value is 0.140. The summed E-state index contributed by atoms with van der Waals surface area (Å²) < 4.78 is 5.82. The molecule has 3 atom stereocenters. The van der Waals surface area contributed by atoms with Crippen molar-refractivity contribution in [3.05, 3.63) is 35.4 Å². The van der Waals surface area contributed by atoms with E-state index in [1.807, 2.05) is 0 Å². The van der Waals surface area contributed by atoms with Gasteiger partial charge < -0.3 is 4.74 Å². The molecule has 1 aromatic carbocycles. The molecular formula is C20H33NNaO. The number of ether oxygens (including phenoxy) is 1. The fourth-order valence-electron chi connectivity index (χ4n) is 3.48. The zero-order valence-electron chi connectivity index (χ0n) is 16.2. The Kier molecular flexibility index (Phi) is 8.30. The second kappa shape index (κ2) is 9.01. The number of hydrogen-bond donors (Lipinski definition) is 0. The monoisotopic (exact) mass is 326 g/mol. The van der Waals surface area contributed by atoms with Crippen LogP contribution in [0.5, 0.6) is 0 Å².